The van der Waals surface area contributed by atoms with Crippen LogP contribution >= 0.6 is 0 Å². The van der Waals surface area contributed by atoms with Crippen LogP contribution in [0.15, 0.2) is 24.8 Å². The highest BCUT2D eigenvalue weighted by Crippen LogP contribution is 2.28. The van der Waals surface area contributed by atoms with Crippen LogP contribution in [0.3, 0.4) is 0 Å². The number of ether oxygens (including phenoxy) is 3. The van der Waals surface area contributed by atoms with E-state index in [4.69, 9.17) is 14.2 Å². The zero-order chi connectivity index (χ0) is 11.2. The second-order valence-corrected chi connectivity index (χ2v) is 4.33. The zero-order valence-corrected chi connectivity index (χ0v) is 9.64. The zero-order valence-electron chi connectivity index (χ0n) is 9.64. The molecule has 90 valence electrons. The van der Waals surface area contributed by atoms with E-state index in [1.54, 1.807) is 6.08 Å². The van der Waals surface area contributed by atoms with E-state index in [1.807, 2.05) is 0 Å². The molecule has 0 bridgehead atoms. The van der Waals surface area contributed by atoms with Gasteiger partial charge in [-0.1, -0.05) is 18.2 Å². The molecule has 1 aliphatic heterocycles. The Hall–Kier alpha value is -0.640. The first kappa shape index (κ1) is 11.8. The van der Waals surface area contributed by atoms with Crippen molar-refractivity contribution in [3.63, 3.8) is 0 Å². The molecule has 0 aromatic heterocycles. The van der Waals surface area contributed by atoms with Gasteiger partial charge >= 0.3 is 0 Å². The Kier molecular flexibility index (Phi) is 4.57. The van der Waals surface area contributed by atoms with Crippen molar-refractivity contribution < 1.29 is 14.2 Å². The molecule has 0 saturated carbocycles. The predicted octanol–water partition coefficient (Wildman–Crippen LogP) is 2.29. The van der Waals surface area contributed by atoms with E-state index in [0.717, 1.165) is 12.8 Å². The summed E-state index contributed by atoms with van der Waals surface area (Å²) in [5.74, 6) is 0.523. The fraction of sp³-hybridized carbons (Fsp3) is 0.692. The van der Waals surface area contributed by atoms with Crippen molar-refractivity contribution >= 4 is 0 Å². The topological polar surface area (TPSA) is 27.7 Å². The maximum Gasteiger partial charge on any atom is 0.161 e. The molecule has 1 aliphatic carbocycles. The third kappa shape index (κ3) is 3.17. The van der Waals surface area contributed by atoms with E-state index in [0.29, 0.717) is 25.7 Å². The van der Waals surface area contributed by atoms with Crippen molar-refractivity contribution in [3.05, 3.63) is 24.8 Å². The number of hydrogen-bond donors (Lipinski definition) is 0. The molecule has 1 saturated heterocycles. The lowest BCUT2D eigenvalue weighted by molar-refractivity contribution is -0.106. The lowest BCUT2D eigenvalue weighted by Gasteiger charge is -2.23. The first-order valence-electron chi connectivity index (χ1n) is 6.01. The summed E-state index contributed by atoms with van der Waals surface area (Å²) in [4.78, 5) is 0. The molecule has 16 heavy (non-hydrogen) atoms. The first-order chi connectivity index (χ1) is 7.90. The molecule has 3 nitrogen and oxygen atoms in total. The van der Waals surface area contributed by atoms with Crippen LogP contribution in [-0.4, -0.2) is 32.2 Å². The highest BCUT2D eigenvalue weighted by molar-refractivity contribution is 4.91. The number of rotatable bonds is 5. The smallest absolute Gasteiger partial charge is 0.161 e. The maximum absolute atomic E-state index is 5.83. The van der Waals surface area contributed by atoms with Crippen LogP contribution in [0.5, 0.6) is 0 Å². The number of hydrogen-bond acceptors (Lipinski definition) is 3. The molecule has 0 aromatic carbocycles. The van der Waals surface area contributed by atoms with Crippen molar-refractivity contribution in [3.8, 4) is 0 Å². The van der Waals surface area contributed by atoms with Gasteiger partial charge < -0.3 is 14.2 Å². The van der Waals surface area contributed by atoms with Crippen molar-refractivity contribution in [1.82, 2.24) is 0 Å². The maximum atomic E-state index is 5.83. The minimum absolute atomic E-state index is 0.0257. The van der Waals surface area contributed by atoms with Crippen LogP contribution in [0, 0.1) is 5.92 Å². The fourth-order valence-electron chi connectivity index (χ4n) is 2.15. The van der Waals surface area contributed by atoms with E-state index in [2.05, 4.69) is 18.7 Å². The quantitative estimate of drug-likeness (QED) is 0.529. The highest BCUT2D eigenvalue weighted by atomic mass is 16.7. The Morgan fingerprint density at radius 3 is 3.12 bits per heavy atom. The molecule has 0 spiro atoms. The van der Waals surface area contributed by atoms with Crippen molar-refractivity contribution in [1.29, 1.82) is 0 Å². The largest absolute Gasteiger partial charge is 0.375 e. The van der Waals surface area contributed by atoms with Gasteiger partial charge in [0.1, 0.15) is 6.10 Å². The molecule has 2 aliphatic rings. The monoisotopic (exact) mass is 224 g/mol. The summed E-state index contributed by atoms with van der Waals surface area (Å²) in [6.45, 7) is 5.45. The third-order valence-electron chi connectivity index (χ3n) is 3.01. The van der Waals surface area contributed by atoms with Gasteiger partial charge in [0.25, 0.3) is 0 Å². The second-order valence-electron chi connectivity index (χ2n) is 4.33. The Morgan fingerprint density at radius 2 is 2.38 bits per heavy atom. The molecule has 1 fully saturated rings. The molecule has 0 unspecified atom stereocenters. The predicted molar refractivity (Wildman–Crippen MR) is 62.1 cm³/mol. The summed E-state index contributed by atoms with van der Waals surface area (Å²) in [6, 6.07) is 0. The average Bonchev–Trinajstić information content (AvgIpc) is 2.79. The highest BCUT2D eigenvalue weighted by Gasteiger charge is 2.32. The minimum Gasteiger partial charge on any atom is -0.375 e. The normalized spacial score (nSPS) is 34.1. The fourth-order valence-corrected chi connectivity index (χ4v) is 2.15. The Bertz CT molecular complexity index is 250. The van der Waals surface area contributed by atoms with Gasteiger partial charge in [-0.2, -0.15) is 0 Å². The van der Waals surface area contributed by atoms with E-state index < -0.39 is 0 Å². The van der Waals surface area contributed by atoms with Crippen molar-refractivity contribution in [2.75, 3.05) is 19.8 Å². The molecule has 2 rings (SSSR count). The second kappa shape index (κ2) is 6.18. The molecule has 0 amide bonds. The van der Waals surface area contributed by atoms with Crippen molar-refractivity contribution in [2.45, 2.75) is 31.7 Å². The van der Waals surface area contributed by atoms with Gasteiger partial charge in [-0.25, -0.2) is 0 Å². The van der Waals surface area contributed by atoms with E-state index in [9.17, 15) is 0 Å². The standard InChI is InChI=1S/C13H20O3/c1-2-8-14-9-12-10-15-13(16-12)11-6-4-3-5-7-11/h2-4,11-13H,1,5-10H2/t11-,12-,13-/m0/s1. The Balaban J connectivity index is 1.70. The van der Waals surface area contributed by atoms with Crippen LogP contribution in [0.1, 0.15) is 19.3 Å². The van der Waals surface area contributed by atoms with Gasteiger partial charge in [0.2, 0.25) is 0 Å². The lowest BCUT2D eigenvalue weighted by atomic mass is 9.94. The van der Waals surface area contributed by atoms with Gasteiger partial charge in [0.05, 0.1) is 19.8 Å². The summed E-state index contributed by atoms with van der Waals surface area (Å²) in [7, 11) is 0. The first-order valence-corrected chi connectivity index (χ1v) is 6.01. The molecular formula is C13H20O3. The summed E-state index contributed by atoms with van der Waals surface area (Å²) in [6.07, 6.45) is 9.66. The Labute approximate surface area is 97.1 Å². The van der Waals surface area contributed by atoms with Crippen LogP contribution in [-0.2, 0) is 14.2 Å². The van der Waals surface area contributed by atoms with E-state index in [1.165, 1.54) is 6.42 Å². The summed E-state index contributed by atoms with van der Waals surface area (Å²) in [5.41, 5.74) is 0. The summed E-state index contributed by atoms with van der Waals surface area (Å²) in [5, 5.41) is 0. The van der Waals surface area contributed by atoms with Crippen LogP contribution < -0.4 is 0 Å². The van der Waals surface area contributed by atoms with Gasteiger partial charge in [-0.05, 0) is 19.3 Å². The average molecular weight is 224 g/mol. The molecular weight excluding hydrogens is 204 g/mol. The molecule has 0 N–H and O–H groups in total. The van der Waals surface area contributed by atoms with Gasteiger partial charge in [0, 0.05) is 5.92 Å². The molecule has 3 atom stereocenters. The van der Waals surface area contributed by atoms with Gasteiger partial charge in [-0.3, -0.25) is 0 Å². The lowest BCUT2D eigenvalue weighted by Crippen LogP contribution is -2.25. The minimum atomic E-state index is -0.0257. The molecule has 3 heteroatoms. The van der Waals surface area contributed by atoms with Gasteiger partial charge in [0.15, 0.2) is 6.29 Å². The van der Waals surface area contributed by atoms with E-state index in [-0.39, 0.29) is 12.4 Å². The van der Waals surface area contributed by atoms with Crippen LogP contribution in [0.2, 0.25) is 0 Å². The van der Waals surface area contributed by atoms with Crippen LogP contribution in [0.25, 0.3) is 0 Å². The molecule has 1 heterocycles. The summed E-state index contributed by atoms with van der Waals surface area (Å²) < 4.78 is 16.9. The number of allylic oxidation sites excluding steroid dienone is 2. The van der Waals surface area contributed by atoms with Crippen molar-refractivity contribution in [2.24, 2.45) is 5.92 Å². The molecule has 0 aromatic rings. The summed E-state index contributed by atoms with van der Waals surface area (Å²) >= 11 is 0. The van der Waals surface area contributed by atoms with Gasteiger partial charge in [-0.15, -0.1) is 6.58 Å². The SMILES string of the molecule is C=CCOC[C@H]1CO[C@H]([C@H]2CC=CCC2)O1. The van der Waals surface area contributed by atoms with E-state index >= 15 is 0 Å². The molecule has 0 radical (unpaired) electrons. The Morgan fingerprint density at radius 1 is 1.44 bits per heavy atom. The van der Waals surface area contributed by atoms with Crippen LogP contribution in [0.4, 0.5) is 0 Å². The third-order valence-corrected chi connectivity index (χ3v) is 3.01.